The highest BCUT2D eigenvalue weighted by Gasteiger charge is 2.35. The minimum absolute atomic E-state index is 0.0572. The van der Waals surface area contributed by atoms with Crippen LogP contribution in [0, 0.1) is 0 Å². The van der Waals surface area contributed by atoms with Crippen LogP contribution in [-0.2, 0) is 6.18 Å². The van der Waals surface area contributed by atoms with Crippen molar-refractivity contribution in [2.45, 2.75) is 17.5 Å². The lowest BCUT2D eigenvalue weighted by Crippen LogP contribution is -2.13. The van der Waals surface area contributed by atoms with E-state index in [1.54, 1.807) is 6.26 Å². The Morgan fingerprint density at radius 3 is 2.53 bits per heavy atom. The number of thioether (sulfide) groups is 1. The van der Waals surface area contributed by atoms with E-state index in [9.17, 15) is 18.0 Å². The van der Waals surface area contributed by atoms with Gasteiger partial charge in [-0.15, -0.1) is 11.8 Å². The molecule has 0 aliphatic rings. The highest BCUT2D eigenvalue weighted by molar-refractivity contribution is 9.09. The second-order valence-corrected chi connectivity index (χ2v) is 4.94. The average molecular weight is 327 g/mol. The first kappa shape index (κ1) is 14.6. The van der Waals surface area contributed by atoms with E-state index in [4.69, 9.17) is 0 Å². The number of rotatable bonds is 4. The maximum Gasteiger partial charge on any atom is 0.417 e. The standard InChI is InChI=1S/C11H10BrF3OS/c1-17-7-2-3-8(10(16)4-5-12)9(6-7)11(13,14)15/h2-3,6H,4-5H2,1H3. The van der Waals surface area contributed by atoms with Crippen molar-refractivity contribution in [3.05, 3.63) is 29.3 Å². The molecule has 0 saturated heterocycles. The Kier molecular flexibility index (Phi) is 5.06. The first-order valence-corrected chi connectivity index (χ1v) is 7.09. The van der Waals surface area contributed by atoms with E-state index in [1.165, 1.54) is 23.9 Å². The van der Waals surface area contributed by atoms with Gasteiger partial charge in [0.15, 0.2) is 5.78 Å². The lowest BCUT2D eigenvalue weighted by atomic mass is 10.0. The quantitative estimate of drug-likeness (QED) is 0.463. The van der Waals surface area contributed by atoms with E-state index in [1.807, 2.05) is 0 Å². The number of hydrogen-bond donors (Lipinski definition) is 0. The number of carbonyl (C=O) groups excluding carboxylic acids is 1. The zero-order valence-electron chi connectivity index (χ0n) is 8.97. The molecule has 0 N–H and O–H groups in total. The van der Waals surface area contributed by atoms with E-state index in [-0.39, 0.29) is 12.0 Å². The van der Waals surface area contributed by atoms with Crippen LogP contribution in [0.4, 0.5) is 13.2 Å². The Hall–Kier alpha value is -0.490. The largest absolute Gasteiger partial charge is 0.417 e. The summed E-state index contributed by atoms with van der Waals surface area (Å²) in [6, 6.07) is 3.80. The van der Waals surface area contributed by atoms with Crippen LogP contribution in [0.3, 0.4) is 0 Å². The monoisotopic (exact) mass is 326 g/mol. The van der Waals surface area contributed by atoms with Gasteiger partial charge in [-0.2, -0.15) is 13.2 Å². The molecule has 0 bridgehead atoms. The maximum atomic E-state index is 12.8. The molecule has 0 fully saturated rings. The molecule has 6 heteroatoms. The third-order valence-electron chi connectivity index (χ3n) is 2.15. The van der Waals surface area contributed by atoms with Crippen LogP contribution >= 0.6 is 27.7 Å². The number of benzene rings is 1. The van der Waals surface area contributed by atoms with Crippen molar-refractivity contribution < 1.29 is 18.0 Å². The summed E-state index contributed by atoms with van der Waals surface area (Å²) in [7, 11) is 0. The highest BCUT2D eigenvalue weighted by Crippen LogP contribution is 2.34. The summed E-state index contributed by atoms with van der Waals surface area (Å²) >= 11 is 4.26. The molecule has 0 saturated carbocycles. The second-order valence-electron chi connectivity index (χ2n) is 3.27. The van der Waals surface area contributed by atoms with Gasteiger partial charge in [0, 0.05) is 22.2 Å². The SMILES string of the molecule is CSc1ccc(C(=O)CCBr)c(C(F)(F)F)c1. The van der Waals surface area contributed by atoms with E-state index in [2.05, 4.69) is 15.9 Å². The number of carbonyl (C=O) groups is 1. The Balaban J connectivity index is 3.25. The van der Waals surface area contributed by atoms with Crippen LogP contribution in [0.2, 0.25) is 0 Å². The Labute approximate surface area is 110 Å². The lowest BCUT2D eigenvalue weighted by Gasteiger charge is -2.12. The molecule has 0 heterocycles. The number of Topliss-reactive ketones (excluding diaryl/α,β-unsaturated/α-hetero) is 1. The molecule has 0 aromatic heterocycles. The molecule has 0 amide bonds. The fraction of sp³-hybridized carbons (Fsp3) is 0.364. The first-order chi connectivity index (χ1) is 7.90. The number of hydrogen-bond acceptors (Lipinski definition) is 2. The minimum atomic E-state index is -4.50. The van der Waals surface area contributed by atoms with Crippen molar-refractivity contribution in [2.75, 3.05) is 11.6 Å². The molecule has 0 atom stereocenters. The van der Waals surface area contributed by atoms with Crippen LogP contribution in [0.1, 0.15) is 22.3 Å². The Morgan fingerprint density at radius 1 is 1.41 bits per heavy atom. The zero-order valence-corrected chi connectivity index (χ0v) is 11.4. The van der Waals surface area contributed by atoms with Gasteiger partial charge in [-0.05, 0) is 24.5 Å². The molecule has 17 heavy (non-hydrogen) atoms. The van der Waals surface area contributed by atoms with E-state index in [0.717, 1.165) is 6.07 Å². The van der Waals surface area contributed by atoms with Crippen molar-refractivity contribution in [3.63, 3.8) is 0 Å². The van der Waals surface area contributed by atoms with Gasteiger partial charge in [0.05, 0.1) is 5.56 Å². The third kappa shape index (κ3) is 3.74. The smallest absolute Gasteiger partial charge is 0.294 e. The minimum Gasteiger partial charge on any atom is -0.294 e. The molecule has 0 unspecified atom stereocenters. The normalized spacial score (nSPS) is 11.6. The fourth-order valence-electron chi connectivity index (χ4n) is 1.35. The van der Waals surface area contributed by atoms with E-state index >= 15 is 0 Å². The van der Waals surface area contributed by atoms with Gasteiger partial charge >= 0.3 is 6.18 Å². The molecule has 1 nitrogen and oxygen atoms in total. The molecule has 0 spiro atoms. The van der Waals surface area contributed by atoms with Crippen LogP contribution < -0.4 is 0 Å². The lowest BCUT2D eigenvalue weighted by molar-refractivity contribution is -0.138. The van der Waals surface area contributed by atoms with E-state index in [0.29, 0.717) is 10.2 Å². The molecular weight excluding hydrogens is 317 g/mol. The van der Waals surface area contributed by atoms with Gasteiger partial charge in [0.2, 0.25) is 0 Å². The second kappa shape index (κ2) is 5.91. The van der Waals surface area contributed by atoms with Gasteiger partial charge in [-0.3, -0.25) is 4.79 Å². The summed E-state index contributed by atoms with van der Waals surface area (Å²) in [5.41, 5.74) is -1.11. The molecule has 0 aliphatic heterocycles. The van der Waals surface area contributed by atoms with Gasteiger partial charge in [0.1, 0.15) is 0 Å². The van der Waals surface area contributed by atoms with Gasteiger partial charge in [-0.25, -0.2) is 0 Å². The third-order valence-corrected chi connectivity index (χ3v) is 3.28. The zero-order chi connectivity index (χ0) is 13.1. The van der Waals surface area contributed by atoms with Crippen molar-refractivity contribution in [1.82, 2.24) is 0 Å². The molecule has 0 aliphatic carbocycles. The Bertz CT molecular complexity index is 418. The number of ketones is 1. The summed E-state index contributed by atoms with van der Waals surface area (Å²) in [6.45, 7) is 0. The summed E-state index contributed by atoms with van der Waals surface area (Å²) in [6.07, 6.45) is -2.75. The van der Waals surface area contributed by atoms with Crippen LogP contribution in [-0.4, -0.2) is 17.4 Å². The topological polar surface area (TPSA) is 17.1 Å². The van der Waals surface area contributed by atoms with Gasteiger partial charge < -0.3 is 0 Å². The molecule has 1 aromatic rings. The van der Waals surface area contributed by atoms with Crippen molar-refractivity contribution >= 4 is 33.5 Å². The summed E-state index contributed by atoms with van der Waals surface area (Å²) in [4.78, 5) is 12.1. The van der Waals surface area contributed by atoms with Crippen LogP contribution in [0.15, 0.2) is 23.1 Å². The van der Waals surface area contributed by atoms with Crippen molar-refractivity contribution in [2.24, 2.45) is 0 Å². The van der Waals surface area contributed by atoms with Crippen molar-refractivity contribution in [1.29, 1.82) is 0 Å². The van der Waals surface area contributed by atoms with Crippen LogP contribution in [0.25, 0.3) is 0 Å². The predicted molar refractivity (Wildman–Crippen MR) is 66.0 cm³/mol. The fourth-order valence-corrected chi connectivity index (χ4v) is 2.15. The predicted octanol–water partition coefficient (Wildman–Crippen LogP) is 4.40. The molecule has 94 valence electrons. The average Bonchev–Trinajstić information content (AvgIpc) is 2.27. The maximum absolute atomic E-state index is 12.8. The summed E-state index contributed by atoms with van der Waals surface area (Å²) < 4.78 is 38.4. The van der Waals surface area contributed by atoms with Crippen molar-refractivity contribution in [3.8, 4) is 0 Å². The summed E-state index contributed by atoms with van der Waals surface area (Å²) in [5.74, 6) is -0.498. The molecular formula is C11H10BrF3OS. The van der Waals surface area contributed by atoms with E-state index < -0.39 is 17.5 Å². The number of alkyl halides is 4. The van der Waals surface area contributed by atoms with Gasteiger partial charge in [-0.1, -0.05) is 15.9 Å². The van der Waals surface area contributed by atoms with Crippen LogP contribution in [0.5, 0.6) is 0 Å². The first-order valence-electron chi connectivity index (χ1n) is 4.74. The highest BCUT2D eigenvalue weighted by atomic mass is 79.9. The molecule has 1 aromatic carbocycles. The molecule has 0 radical (unpaired) electrons. The Morgan fingerprint density at radius 2 is 2.06 bits per heavy atom. The summed E-state index contributed by atoms with van der Waals surface area (Å²) in [5, 5.41) is 0.355. The van der Waals surface area contributed by atoms with Gasteiger partial charge in [0.25, 0.3) is 0 Å². The number of halogens is 4. The molecule has 1 rings (SSSR count).